The second kappa shape index (κ2) is 6.57. The second-order valence-electron chi connectivity index (χ2n) is 5.81. The quantitative estimate of drug-likeness (QED) is 0.890. The molecule has 0 aromatic heterocycles. The summed E-state index contributed by atoms with van der Waals surface area (Å²) in [6.45, 7) is 7.56. The third-order valence-electron chi connectivity index (χ3n) is 4.26. The van der Waals surface area contributed by atoms with Crippen LogP contribution >= 0.6 is 0 Å². The van der Waals surface area contributed by atoms with Crippen molar-refractivity contribution in [3.63, 3.8) is 0 Å². The van der Waals surface area contributed by atoms with E-state index in [1.807, 2.05) is 12.1 Å². The molecule has 0 radical (unpaired) electrons. The van der Waals surface area contributed by atoms with E-state index in [-0.39, 0.29) is 5.54 Å². The Hall–Kier alpha value is -1.10. The Morgan fingerprint density at radius 2 is 2.20 bits per heavy atom. The van der Waals surface area contributed by atoms with Gasteiger partial charge in [0.2, 0.25) is 0 Å². The van der Waals surface area contributed by atoms with Crippen LogP contribution in [0.2, 0.25) is 0 Å². The first-order valence-corrected chi connectivity index (χ1v) is 7.27. The predicted octanol–water partition coefficient (Wildman–Crippen LogP) is 1.68. The van der Waals surface area contributed by atoms with Crippen molar-refractivity contribution in [1.29, 1.82) is 0 Å². The van der Waals surface area contributed by atoms with Crippen molar-refractivity contribution < 1.29 is 9.47 Å². The molecule has 0 spiro atoms. The van der Waals surface area contributed by atoms with E-state index in [9.17, 15) is 0 Å². The van der Waals surface area contributed by atoms with Gasteiger partial charge in [-0.3, -0.25) is 4.90 Å². The molecule has 0 saturated carbocycles. The number of hydrogen-bond acceptors (Lipinski definition) is 4. The van der Waals surface area contributed by atoms with Crippen molar-refractivity contribution in [3.8, 4) is 5.75 Å². The molecule has 1 fully saturated rings. The highest BCUT2D eigenvalue weighted by atomic mass is 16.5. The first-order chi connectivity index (χ1) is 9.60. The van der Waals surface area contributed by atoms with Gasteiger partial charge in [0, 0.05) is 24.7 Å². The van der Waals surface area contributed by atoms with Crippen LogP contribution in [-0.2, 0) is 11.2 Å². The van der Waals surface area contributed by atoms with Gasteiger partial charge in [0.05, 0.1) is 20.3 Å². The fraction of sp³-hybridized carbons (Fsp3) is 0.625. The highest BCUT2D eigenvalue weighted by Crippen LogP contribution is 2.28. The lowest BCUT2D eigenvalue weighted by Gasteiger charge is -2.46. The van der Waals surface area contributed by atoms with Crippen LogP contribution in [0.3, 0.4) is 0 Å². The van der Waals surface area contributed by atoms with Crippen LogP contribution < -0.4 is 10.5 Å². The van der Waals surface area contributed by atoms with E-state index >= 15 is 0 Å². The molecule has 1 aromatic rings. The van der Waals surface area contributed by atoms with Gasteiger partial charge in [-0.1, -0.05) is 18.2 Å². The smallest absolute Gasteiger partial charge is 0.122 e. The van der Waals surface area contributed by atoms with Crippen LogP contribution in [-0.4, -0.2) is 49.9 Å². The van der Waals surface area contributed by atoms with Crippen LogP contribution in [0.5, 0.6) is 5.75 Å². The zero-order valence-electron chi connectivity index (χ0n) is 12.8. The van der Waals surface area contributed by atoms with Crippen LogP contribution in [0.4, 0.5) is 0 Å². The Bertz CT molecular complexity index is 438. The molecule has 1 aliphatic rings. The lowest BCUT2D eigenvalue weighted by Crippen LogP contribution is -2.60. The Morgan fingerprint density at radius 1 is 1.45 bits per heavy atom. The summed E-state index contributed by atoms with van der Waals surface area (Å²) < 4.78 is 11.0. The normalized spacial score (nSPS) is 23.3. The van der Waals surface area contributed by atoms with Gasteiger partial charge in [0.15, 0.2) is 0 Å². The van der Waals surface area contributed by atoms with Crippen LogP contribution in [0.15, 0.2) is 24.3 Å². The number of methoxy groups -OCH3 is 1. The number of morpholine rings is 1. The summed E-state index contributed by atoms with van der Waals surface area (Å²) >= 11 is 0. The molecule has 0 bridgehead atoms. The predicted molar refractivity (Wildman–Crippen MR) is 81.1 cm³/mol. The van der Waals surface area contributed by atoms with E-state index < -0.39 is 0 Å². The molecule has 4 heteroatoms. The maximum absolute atomic E-state index is 6.12. The Balaban J connectivity index is 2.22. The topological polar surface area (TPSA) is 47.7 Å². The Morgan fingerprint density at radius 3 is 2.85 bits per heavy atom. The number of nitrogens with zero attached hydrogens (tertiary/aromatic N) is 1. The van der Waals surface area contributed by atoms with Crippen molar-refractivity contribution in [2.75, 3.05) is 33.4 Å². The highest BCUT2D eigenvalue weighted by molar-refractivity contribution is 5.34. The molecule has 2 N–H and O–H groups in total. The molecule has 0 aliphatic carbocycles. The number of ether oxygens (including phenoxy) is 2. The van der Waals surface area contributed by atoms with E-state index in [1.165, 1.54) is 5.56 Å². The molecule has 112 valence electrons. The average molecular weight is 278 g/mol. The minimum Gasteiger partial charge on any atom is -0.496 e. The fourth-order valence-electron chi connectivity index (χ4n) is 3.08. The Kier molecular flexibility index (Phi) is 5.02. The molecule has 1 aromatic carbocycles. The molecule has 2 rings (SSSR count). The van der Waals surface area contributed by atoms with E-state index in [2.05, 4.69) is 30.9 Å². The monoisotopic (exact) mass is 278 g/mol. The summed E-state index contributed by atoms with van der Waals surface area (Å²) in [6.07, 6.45) is 0.887. The van der Waals surface area contributed by atoms with Crippen molar-refractivity contribution in [2.24, 2.45) is 5.73 Å². The standard InChI is InChI=1S/C16H26N2O2/c1-13-11-20-9-8-18(13)16(2,12-17)10-14-6-4-5-7-15(14)19-3/h4-7,13H,8-12,17H2,1-3H3. The van der Waals surface area contributed by atoms with Crippen molar-refractivity contribution in [2.45, 2.75) is 31.8 Å². The van der Waals surface area contributed by atoms with Crippen LogP contribution in [0.25, 0.3) is 0 Å². The summed E-state index contributed by atoms with van der Waals surface area (Å²) in [6, 6.07) is 8.58. The fourth-order valence-corrected chi connectivity index (χ4v) is 3.08. The van der Waals surface area contributed by atoms with Crippen molar-refractivity contribution in [1.82, 2.24) is 4.90 Å². The molecule has 1 saturated heterocycles. The van der Waals surface area contributed by atoms with Gasteiger partial charge in [0.1, 0.15) is 5.75 Å². The van der Waals surface area contributed by atoms with E-state index in [0.29, 0.717) is 12.6 Å². The van der Waals surface area contributed by atoms with Gasteiger partial charge in [0.25, 0.3) is 0 Å². The molecule has 1 aliphatic heterocycles. The third-order valence-corrected chi connectivity index (χ3v) is 4.26. The van der Waals surface area contributed by atoms with E-state index in [0.717, 1.165) is 31.9 Å². The van der Waals surface area contributed by atoms with Crippen molar-refractivity contribution >= 4 is 0 Å². The number of para-hydroxylation sites is 1. The van der Waals surface area contributed by atoms with E-state index in [4.69, 9.17) is 15.2 Å². The molecule has 2 atom stereocenters. The SMILES string of the molecule is COc1ccccc1CC(C)(CN)N1CCOCC1C. The molecule has 0 amide bonds. The van der Waals surface area contributed by atoms with Gasteiger partial charge in [-0.2, -0.15) is 0 Å². The summed E-state index contributed by atoms with van der Waals surface area (Å²) in [5, 5.41) is 0. The van der Waals surface area contributed by atoms with Crippen molar-refractivity contribution in [3.05, 3.63) is 29.8 Å². The van der Waals surface area contributed by atoms with Gasteiger partial charge in [-0.05, 0) is 31.9 Å². The zero-order chi connectivity index (χ0) is 14.6. The summed E-state index contributed by atoms with van der Waals surface area (Å²) in [5.74, 6) is 0.938. The molecular weight excluding hydrogens is 252 g/mol. The second-order valence-corrected chi connectivity index (χ2v) is 5.81. The zero-order valence-corrected chi connectivity index (χ0v) is 12.8. The molecule has 20 heavy (non-hydrogen) atoms. The van der Waals surface area contributed by atoms with Gasteiger partial charge in [-0.25, -0.2) is 0 Å². The first-order valence-electron chi connectivity index (χ1n) is 7.27. The molecular formula is C16H26N2O2. The maximum Gasteiger partial charge on any atom is 0.122 e. The average Bonchev–Trinajstić information content (AvgIpc) is 2.48. The molecule has 1 heterocycles. The Labute approximate surface area is 121 Å². The minimum absolute atomic E-state index is 0.0716. The first kappa shape index (κ1) is 15.3. The van der Waals surface area contributed by atoms with Gasteiger partial charge in [-0.15, -0.1) is 0 Å². The van der Waals surface area contributed by atoms with Gasteiger partial charge >= 0.3 is 0 Å². The summed E-state index contributed by atoms with van der Waals surface area (Å²) in [5.41, 5.74) is 7.25. The third kappa shape index (κ3) is 3.14. The number of nitrogens with two attached hydrogens (primary N) is 1. The van der Waals surface area contributed by atoms with Crippen LogP contribution in [0, 0.1) is 0 Å². The lowest BCUT2D eigenvalue weighted by atomic mass is 9.88. The number of hydrogen-bond donors (Lipinski definition) is 1. The van der Waals surface area contributed by atoms with Gasteiger partial charge < -0.3 is 15.2 Å². The number of benzene rings is 1. The van der Waals surface area contributed by atoms with E-state index in [1.54, 1.807) is 7.11 Å². The minimum atomic E-state index is -0.0716. The largest absolute Gasteiger partial charge is 0.496 e. The molecule has 2 unspecified atom stereocenters. The highest BCUT2D eigenvalue weighted by Gasteiger charge is 2.36. The maximum atomic E-state index is 6.12. The molecule has 4 nitrogen and oxygen atoms in total. The lowest BCUT2D eigenvalue weighted by molar-refractivity contribution is -0.0507. The summed E-state index contributed by atoms with van der Waals surface area (Å²) in [7, 11) is 1.72. The summed E-state index contributed by atoms with van der Waals surface area (Å²) in [4.78, 5) is 2.48. The van der Waals surface area contributed by atoms with Crippen LogP contribution in [0.1, 0.15) is 19.4 Å². The number of rotatable bonds is 5.